The van der Waals surface area contributed by atoms with E-state index in [-0.39, 0.29) is 30.2 Å². The Bertz CT molecular complexity index is 488. The molecule has 0 spiro atoms. The van der Waals surface area contributed by atoms with E-state index in [0.717, 1.165) is 31.6 Å². The highest BCUT2D eigenvalue weighted by atomic mass is 35.5. The highest BCUT2D eigenvalue weighted by Crippen LogP contribution is 2.26. The minimum Gasteiger partial charge on any atom is -0.356 e. The average Bonchev–Trinajstić information content (AvgIpc) is 2.48. The summed E-state index contributed by atoms with van der Waals surface area (Å²) in [4.78, 5) is 12.6. The molecule has 1 heterocycles. The Kier molecular flexibility index (Phi) is 8.96. The molecule has 2 unspecified atom stereocenters. The summed E-state index contributed by atoms with van der Waals surface area (Å²) in [6.07, 6.45) is 3.57. The second kappa shape index (κ2) is 10.2. The highest BCUT2D eigenvalue weighted by molar-refractivity contribution is 6.30. The van der Waals surface area contributed by atoms with Crippen LogP contribution in [0.1, 0.15) is 44.6 Å². The van der Waals surface area contributed by atoms with Gasteiger partial charge in [-0.1, -0.05) is 37.6 Å². The number of hydrogen-bond acceptors (Lipinski definition) is 2. The van der Waals surface area contributed by atoms with Crippen molar-refractivity contribution in [2.24, 2.45) is 11.8 Å². The van der Waals surface area contributed by atoms with Crippen molar-refractivity contribution in [1.29, 1.82) is 0 Å². The maximum absolute atomic E-state index is 12.6. The molecule has 0 aliphatic carbocycles. The lowest BCUT2D eigenvalue weighted by atomic mass is 9.87. The molecular formula is C18H28Cl2N2O. The monoisotopic (exact) mass is 358 g/mol. The van der Waals surface area contributed by atoms with Crippen molar-refractivity contribution >= 4 is 29.9 Å². The Morgan fingerprint density at radius 3 is 2.83 bits per heavy atom. The van der Waals surface area contributed by atoms with Crippen LogP contribution < -0.4 is 10.6 Å². The summed E-state index contributed by atoms with van der Waals surface area (Å²) in [7, 11) is 0. The van der Waals surface area contributed by atoms with E-state index in [9.17, 15) is 4.79 Å². The van der Waals surface area contributed by atoms with Gasteiger partial charge in [0.1, 0.15) is 0 Å². The number of carbonyl (C=O) groups excluding carboxylic acids is 1. The van der Waals surface area contributed by atoms with Crippen LogP contribution in [-0.2, 0) is 4.79 Å². The summed E-state index contributed by atoms with van der Waals surface area (Å²) in [5, 5.41) is 7.22. The lowest BCUT2D eigenvalue weighted by Crippen LogP contribution is -2.36. The van der Waals surface area contributed by atoms with Gasteiger partial charge in [-0.3, -0.25) is 4.79 Å². The molecule has 0 bridgehead atoms. The van der Waals surface area contributed by atoms with E-state index in [0.29, 0.717) is 10.9 Å². The van der Waals surface area contributed by atoms with E-state index in [1.165, 1.54) is 12.8 Å². The number of carbonyl (C=O) groups is 1. The molecule has 0 radical (unpaired) electrons. The van der Waals surface area contributed by atoms with Crippen LogP contribution in [0, 0.1) is 11.8 Å². The summed E-state index contributed by atoms with van der Waals surface area (Å²) in [5.74, 6) is 0.914. The molecule has 23 heavy (non-hydrogen) atoms. The molecule has 1 saturated heterocycles. The average molecular weight is 359 g/mol. The van der Waals surface area contributed by atoms with Crippen LogP contribution in [-0.4, -0.2) is 25.5 Å². The Morgan fingerprint density at radius 2 is 2.22 bits per heavy atom. The molecule has 0 saturated carbocycles. The third kappa shape index (κ3) is 6.33. The Labute approximate surface area is 151 Å². The minimum absolute atomic E-state index is 0. The van der Waals surface area contributed by atoms with Crippen LogP contribution in [0.3, 0.4) is 0 Å². The van der Waals surface area contributed by atoms with Crippen molar-refractivity contribution in [2.75, 3.05) is 19.6 Å². The van der Waals surface area contributed by atoms with Crippen LogP contribution in [0.4, 0.5) is 0 Å². The fraction of sp³-hybridized carbons (Fsp3) is 0.611. The number of rotatable bonds is 6. The first-order chi connectivity index (χ1) is 10.6. The molecule has 1 amide bonds. The molecule has 130 valence electrons. The van der Waals surface area contributed by atoms with Gasteiger partial charge in [-0.2, -0.15) is 0 Å². The molecule has 1 fully saturated rings. The normalized spacial score (nSPS) is 19.0. The van der Waals surface area contributed by atoms with Gasteiger partial charge < -0.3 is 10.6 Å². The van der Waals surface area contributed by atoms with Crippen LogP contribution in [0.5, 0.6) is 0 Å². The van der Waals surface area contributed by atoms with Gasteiger partial charge in [-0.15, -0.1) is 12.4 Å². The number of halogens is 2. The molecule has 1 aliphatic rings. The van der Waals surface area contributed by atoms with Gasteiger partial charge in [-0.25, -0.2) is 0 Å². The van der Waals surface area contributed by atoms with E-state index in [1.807, 2.05) is 24.3 Å². The molecule has 2 rings (SSSR count). The Hall–Kier alpha value is -0.770. The molecular weight excluding hydrogens is 331 g/mol. The molecule has 5 heteroatoms. The van der Waals surface area contributed by atoms with Gasteiger partial charge in [0.25, 0.3) is 0 Å². The summed E-state index contributed by atoms with van der Waals surface area (Å²) in [5.41, 5.74) is 0.999. The second-order valence-electron chi connectivity index (χ2n) is 6.57. The molecule has 3 nitrogen and oxygen atoms in total. The van der Waals surface area contributed by atoms with Crippen LogP contribution >= 0.6 is 24.0 Å². The first kappa shape index (κ1) is 20.3. The predicted molar refractivity (Wildman–Crippen MR) is 99.5 cm³/mol. The number of amides is 1. The first-order valence-corrected chi connectivity index (χ1v) is 8.69. The largest absolute Gasteiger partial charge is 0.356 e. The lowest BCUT2D eigenvalue weighted by molar-refractivity contribution is -0.123. The number of nitrogens with one attached hydrogen (secondary N) is 2. The van der Waals surface area contributed by atoms with E-state index >= 15 is 0 Å². The van der Waals surface area contributed by atoms with Crippen LogP contribution in [0.25, 0.3) is 0 Å². The van der Waals surface area contributed by atoms with Gasteiger partial charge >= 0.3 is 0 Å². The Balaban J connectivity index is 0.00000264. The zero-order valence-corrected chi connectivity index (χ0v) is 15.6. The number of benzene rings is 1. The smallest absolute Gasteiger partial charge is 0.227 e. The van der Waals surface area contributed by atoms with Crippen LogP contribution in [0.2, 0.25) is 5.02 Å². The SMILES string of the molecule is CC(C)C(C(=O)NCCC1CCCNC1)c1cccc(Cl)c1.Cl. The van der Waals surface area contributed by atoms with Crippen molar-refractivity contribution in [3.8, 4) is 0 Å². The quantitative estimate of drug-likeness (QED) is 0.806. The van der Waals surface area contributed by atoms with Gasteiger partial charge in [0.2, 0.25) is 5.91 Å². The molecule has 2 atom stereocenters. The van der Waals surface area contributed by atoms with Gasteiger partial charge in [0.15, 0.2) is 0 Å². The summed E-state index contributed by atoms with van der Waals surface area (Å²) < 4.78 is 0. The zero-order chi connectivity index (χ0) is 15.9. The summed E-state index contributed by atoms with van der Waals surface area (Å²) in [6, 6.07) is 7.64. The van der Waals surface area contributed by atoms with Crippen molar-refractivity contribution in [3.05, 3.63) is 34.9 Å². The lowest BCUT2D eigenvalue weighted by Gasteiger charge is -2.24. The molecule has 0 aromatic heterocycles. The second-order valence-corrected chi connectivity index (χ2v) is 7.01. The molecule has 2 N–H and O–H groups in total. The topological polar surface area (TPSA) is 41.1 Å². The van der Waals surface area contributed by atoms with Crippen molar-refractivity contribution in [3.63, 3.8) is 0 Å². The number of hydrogen-bond donors (Lipinski definition) is 2. The molecule has 1 aliphatic heterocycles. The van der Waals surface area contributed by atoms with E-state index in [1.54, 1.807) is 0 Å². The first-order valence-electron chi connectivity index (χ1n) is 8.32. The van der Waals surface area contributed by atoms with Gasteiger partial charge in [0, 0.05) is 11.6 Å². The number of piperidine rings is 1. The zero-order valence-electron chi connectivity index (χ0n) is 14.0. The minimum atomic E-state index is -0.136. The van der Waals surface area contributed by atoms with E-state index in [2.05, 4.69) is 24.5 Å². The Morgan fingerprint density at radius 1 is 1.43 bits per heavy atom. The molecule has 1 aromatic rings. The van der Waals surface area contributed by atoms with Crippen molar-refractivity contribution in [1.82, 2.24) is 10.6 Å². The van der Waals surface area contributed by atoms with E-state index < -0.39 is 0 Å². The highest BCUT2D eigenvalue weighted by Gasteiger charge is 2.24. The fourth-order valence-corrected chi connectivity index (χ4v) is 3.42. The molecule has 1 aromatic carbocycles. The van der Waals surface area contributed by atoms with Gasteiger partial charge in [-0.05, 0) is 61.9 Å². The fourth-order valence-electron chi connectivity index (χ4n) is 3.22. The van der Waals surface area contributed by atoms with Crippen molar-refractivity contribution in [2.45, 2.75) is 39.0 Å². The van der Waals surface area contributed by atoms with E-state index in [4.69, 9.17) is 11.6 Å². The van der Waals surface area contributed by atoms with Crippen molar-refractivity contribution < 1.29 is 4.79 Å². The van der Waals surface area contributed by atoms with Gasteiger partial charge in [0.05, 0.1) is 5.92 Å². The van der Waals surface area contributed by atoms with Crippen LogP contribution in [0.15, 0.2) is 24.3 Å². The summed E-state index contributed by atoms with van der Waals surface area (Å²) in [6.45, 7) is 7.13. The summed E-state index contributed by atoms with van der Waals surface area (Å²) >= 11 is 6.07. The third-order valence-corrected chi connectivity index (χ3v) is 4.64. The maximum Gasteiger partial charge on any atom is 0.227 e. The standard InChI is InChI=1S/C18H27ClN2O.ClH/c1-13(2)17(15-6-3-7-16(19)11-15)18(22)21-10-8-14-5-4-9-20-12-14;/h3,6-7,11,13-14,17,20H,4-5,8-10,12H2,1-2H3,(H,21,22);1H. The predicted octanol–water partition coefficient (Wildman–Crippen LogP) is 4.01. The third-order valence-electron chi connectivity index (χ3n) is 4.41. The maximum atomic E-state index is 12.6.